The molecule has 2 aliphatic heterocycles. The normalized spacial score (nSPS) is 21.2. The van der Waals surface area contributed by atoms with Crippen molar-refractivity contribution in [3.63, 3.8) is 0 Å². The maximum Gasteiger partial charge on any atom is 0.236 e. The van der Waals surface area contributed by atoms with Gasteiger partial charge >= 0.3 is 0 Å². The molecule has 2 N–H and O–H groups in total. The summed E-state index contributed by atoms with van der Waals surface area (Å²) in [6.07, 6.45) is 4.74. The molecular formula is C20H17N5O. The molecule has 5 rings (SSSR count). The molecule has 1 unspecified atom stereocenters. The Kier molecular flexibility index (Phi) is 3.07. The molecule has 128 valence electrons. The average Bonchev–Trinajstić information content (AvgIpc) is 3.34. The van der Waals surface area contributed by atoms with Crippen LogP contribution in [0.2, 0.25) is 0 Å². The van der Waals surface area contributed by atoms with E-state index in [0.29, 0.717) is 13.0 Å². The van der Waals surface area contributed by atoms with Crippen LogP contribution < -0.4 is 10.2 Å². The quantitative estimate of drug-likeness (QED) is 0.749. The number of aromatic nitrogens is 2. The minimum atomic E-state index is -0.502. The number of nitrogens with one attached hydrogen (secondary N) is 2. The summed E-state index contributed by atoms with van der Waals surface area (Å²) in [6, 6.07) is 12.2. The fraction of sp³-hybridized carbons (Fsp3) is 0.250. The third-order valence-corrected chi connectivity index (χ3v) is 5.64. The molecule has 1 amide bonds. The van der Waals surface area contributed by atoms with Gasteiger partial charge in [-0.2, -0.15) is 5.26 Å². The molecule has 2 aliphatic rings. The Bertz CT molecular complexity index is 1080. The van der Waals surface area contributed by atoms with E-state index < -0.39 is 5.41 Å². The van der Waals surface area contributed by atoms with Gasteiger partial charge in [-0.1, -0.05) is 18.2 Å². The van der Waals surface area contributed by atoms with Crippen molar-refractivity contribution < 1.29 is 4.79 Å². The first-order chi connectivity index (χ1) is 12.7. The molecule has 6 heteroatoms. The van der Waals surface area contributed by atoms with Crippen molar-refractivity contribution >= 4 is 28.3 Å². The summed E-state index contributed by atoms with van der Waals surface area (Å²) in [5.41, 5.74) is 4.27. The summed E-state index contributed by atoms with van der Waals surface area (Å²) < 4.78 is 0. The van der Waals surface area contributed by atoms with Crippen molar-refractivity contribution in [2.75, 3.05) is 23.3 Å². The smallest absolute Gasteiger partial charge is 0.236 e. The summed E-state index contributed by atoms with van der Waals surface area (Å²) in [5.74, 6) is 0.0813. The highest BCUT2D eigenvalue weighted by molar-refractivity contribution is 6.07. The number of para-hydroxylation sites is 1. The zero-order valence-corrected chi connectivity index (χ0v) is 14.1. The predicted octanol–water partition coefficient (Wildman–Crippen LogP) is 2.73. The number of hydrogen-bond acceptors (Lipinski definition) is 4. The van der Waals surface area contributed by atoms with E-state index in [1.165, 1.54) is 0 Å². The molecule has 3 aromatic rings. The van der Waals surface area contributed by atoms with Crippen LogP contribution in [0.15, 0.2) is 42.7 Å². The number of hydrogen-bond donors (Lipinski definition) is 2. The Morgan fingerprint density at radius 3 is 3.08 bits per heavy atom. The van der Waals surface area contributed by atoms with Crippen molar-refractivity contribution in [3.05, 3.63) is 53.9 Å². The Labute approximate surface area is 150 Å². The standard InChI is InChI=1S/C20H17N5O/c21-8-5-13-11-23-18-17(13)16(6-9-22-18)25-10-7-20(12-25)14-3-1-2-4-15(14)24-19(20)26/h1-4,6,9,11H,5,7,10,12H2,(H,22,23)(H,24,26). The van der Waals surface area contributed by atoms with E-state index in [-0.39, 0.29) is 5.91 Å². The second kappa shape index (κ2) is 5.33. The SMILES string of the molecule is N#CCc1c[nH]c2nccc(N3CCC4(C3)C(=O)Nc3ccccc34)c12. The predicted molar refractivity (Wildman–Crippen MR) is 99.0 cm³/mol. The van der Waals surface area contributed by atoms with Gasteiger partial charge in [0, 0.05) is 42.2 Å². The van der Waals surface area contributed by atoms with Crippen LogP contribution in [0.5, 0.6) is 0 Å². The molecule has 1 atom stereocenters. The Morgan fingerprint density at radius 2 is 2.19 bits per heavy atom. The third-order valence-electron chi connectivity index (χ3n) is 5.64. The molecule has 1 saturated heterocycles. The second-order valence-corrected chi connectivity index (χ2v) is 6.96. The molecule has 26 heavy (non-hydrogen) atoms. The van der Waals surface area contributed by atoms with Gasteiger partial charge in [0.1, 0.15) is 5.65 Å². The lowest BCUT2D eigenvalue weighted by molar-refractivity contribution is -0.120. The first-order valence-electron chi connectivity index (χ1n) is 8.71. The Balaban J connectivity index is 1.59. The summed E-state index contributed by atoms with van der Waals surface area (Å²) in [7, 11) is 0. The van der Waals surface area contributed by atoms with Crippen LogP contribution in [0.1, 0.15) is 17.5 Å². The highest BCUT2D eigenvalue weighted by atomic mass is 16.2. The van der Waals surface area contributed by atoms with E-state index in [0.717, 1.165) is 46.5 Å². The number of H-pyrrole nitrogens is 1. The molecule has 1 fully saturated rings. The van der Waals surface area contributed by atoms with Crippen molar-refractivity contribution in [1.29, 1.82) is 5.26 Å². The van der Waals surface area contributed by atoms with Crippen LogP contribution in [0.25, 0.3) is 11.0 Å². The van der Waals surface area contributed by atoms with Crippen molar-refractivity contribution in [3.8, 4) is 6.07 Å². The highest BCUT2D eigenvalue weighted by Gasteiger charge is 2.51. The number of nitriles is 1. The minimum absolute atomic E-state index is 0.0813. The fourth-order valence-electron chi connectivity index (χ4n) is 4.39. The van der Waals surface area contributed by atoms with Gasteiger partial charge < -0.3 is 15.2 Å². The lowest BCUT2D eigenvalue weighted by Crippen LogP contribution is -2.37. The number of pyridine rings is 1. The van der Waals surface area contributed by atoms with E-state index in [9.17, 15) is 4.79 Å². The fourth-order valence-corrected chi connectivity index (χ4v) is 4.39. The number of carbonyl (C=O) groups is 1. The molecule has 0 bridgehead atoms. The van der Waals surface area contributed by atoms with Gasteiger partial charge in [0.25, 0.3) is 0 Å². The summed E-state index contributed by atoms with van der Waals surface area (Å²) >= 11 is 0. The zero-order chi connectivity index (χ0) is 17.7. The van der Waals surface area contributed by atoms with Gasteiger partial charge in [-0.25, -0.2) is 4.98 Å². The molecule has 1 spiro atoms. The molecule has 0 saturated carbocycles. The topological polar surface area (TPSA) is 84.8 Å². The number of nitrogens with zero attached hydrogens (tertiary/aromatic N) is 3. The summed E-state index contributed by atoms with van der Waals surface area (Å²) in [6.45, 7) is 1.42. The summed E-state index contributed by atoms with van der Waals surface area (Å²) in [5, 5.41) is 13.1. The number of amides is 1. The molecular weight excluding hydrogens is 326 g/mol. The lowest BCUT2D eigenvalue weighted by atomic mass is 9.81. The number of rotatable bonds is 2. The molecule has 0 radical (unpaired) electrons. The Hall–Kier alpha value is -3.33. The van der Waals surface area contributed by atoms with E-state index in [4.69, 9.17) is 5.26 Å². The van der Waals surface area contributed by atoms with Crippen LogP contribution in [0.3, 0.4) is 0 Å². The molecule has 2 aromatic heterocycles. The van der Waals surface area contributed by atoms with Gasteiger partial charge in [0.15, 0.2) is 0 Å². The minimum Gasteiger partial charge on any atom is -0.369 e. The zero-order valence-electron chi connectivity index (χ0n) is 14.1. The molecule has 4 heterocycles. The van der Waals surface area contributed by atoms with Gasteiger partial charge in [-0.3, -0.25) is 4.79 Å². The van der Waals surface area contributed by atoms with Crippen molar-refractivity contribution in [1.82, 2.24) is 9.97 Å². The number of benzene rings is 1. The number of carbonyl (C=O) groups excluding carboxylic acids is 1. The monoisotopic (exact) mass is 343 g/mol. The third kappa shape index (κ3) is 1.91. The molecule has 1 aromatic carbocycles. The van der Waals surface area contributed by atoms with Gasteiger partial charge in [-0.05, 0) is 29.7 Å². The van der Waals surface area contributed by atoms with Gasteiger partial charge in [-0.15, -0.1) is 0 Å². The van der Waals surface area contributed by atoms with E-state index >= 15 is 0 Å². The molecule has 0 aliphatic carbocycles. The largest absolute Gasteiger partial charge is 0.369 e. The summed E-state index contributed by atoms with van der Waals surface area (Å²) in [4.78, 5) is 22.6. The molecule has 6 nitrogen and oxygen atoms in total. The second-order valence-electron chi connectivity index (χ2n) is 6.96. The first-order valence-corrected chi connectivity index (χ1v) is 8.71. The van der Waals surface area contributed by atoms with Crippen LogP contribution >= 0.6 is 0 Å². The number of fused-ring (bicyclic) bond motifs is 3. The van der Waals surface area contributed by atoms with Crippen molar-refractivity contribution in [2.45, 2.75) is 18.3 Å². The van der Waals surface area contributed by atoms with Crippen LogP contribution in [-0.4, -0.2) is 29.0 Å². The van der Waals surface area contributed by atoms with E-state index in [2.05, 4.69) is 32.3 Å². The van der Waals surface area contributed by atoms with Crippen LogP contribution in [-0.2, 0) is 16.6 Å². The van der Waals surface area contributed by atoms with Gasteiger partial charge in [0.05, 0.1) is 17.9 Å². The van der Waals surface area contributed by atoms with E-state index in [1.54, 1.807) is 6.20 Å². The van der Waals surface area contributed by atoms with Crippen LogP contribution in [0.4, 0.5) is 11.4 Å². The number of anilines is 2. The average molecular weight is 343 g/mol. The Morgan fingerprint density at radius 1 is 1.31 bits per heavy atom. The maximum atomic E-state index is 12.8. The van der Waals surface area contributed by atoms with Crippen molar-refractivity contribution in [2.24, 2.45) is 0 Å². The number of aromatic amines is 1. The first kappa shape index (κ1) is 15.0. The highest BCUT2D eigenvalue weighted by Crippen LogP contribution is 2.46. The van der Waals surface area contributed by atoms with E-state index in [1.807, 2.05) is 30.5 Å². The lowest BCUT2D eigenvalue weighted by Gasteiger charge is -2.24. The van der Waals surface area contributed by atoms with Crippen LogP contribution in [0, 0.1) is 11.3 Å². The maximum absolute atomic E-state index is 12.8. The van der Waals surface area contributed by atoms with Gasteiger partial charge in [0.2, 0.25) is 5.91 Å².